The second-order valence-corrected chi connectivity index (χ2v) is 7.75. The first-order valence-electron chi connectivity index (χ1n) is 11.0. The smallest absolute Gasteiger partial charge is 0.290 e. The van der Waals surface area contributed by atoms with E-state index < -0.39 is 6.04 Å². The Hall–Kier alpha value is -3.35. The van der Waals surface area contributed by atoms with Gasteiger partial charge >= 0.3 is 0 Å². The second kappa shape index (κ2) is 11.9. The van der Waals surface area contributed by atoms with E-state index in [-0.39, 0.29) is 17.4 Å². The maximum Gasteiger partial charge on any atom is 0.290 e. The van der Waals surface area contributed by atoms with Gasteiger partial charge in [-0.25, -0.2) is 4.98 Å². The van der Waals surface area contributed by atoms with Crippen LogP contribution in [0.5, 0.6) is 0 Å². The van der Waals surface area contributed by atoms with Crippen molar-refractivity contribution in [1.82, 2.24) is 14.9 Å². The third-order valence-electron chi connectivity index (χ3n) is 5.37. The molecule has 0 spiro atoms. The van der Waals surface area contributed by atoms with Gasteiger partial charge in [-0.05, 0) is 63.0 Å². The standard InChI is InChI=1S/C25H35N5O2/c1-6-9-10-11-19(26)18(5)14-20(27)24-23-21(28-16-29-23)12-13-30(24)25(31)22(8-3)32-15-17(4)7-2/h8-11,14-16,24,27H,6-7,12-13,26H2,1-5H3,(H,28,29)/b10-9-,17-15-,18-14+,19-11+,22-8-,27-20?. The van der Waals surface area contributed by atoms with Crippen molar-refractivity contribution in [2.75, 3.05) is 6.54 Å². The van der Waals surface area contributed by atoms with E-state index in [4.69, 9.17) is 15.9 Å². The number of carbonyl (C=O) groups is 1. The van der Waals surface area contributed by atoms with E-state index in [0.29, 0.717) is 24.4 Å². The zero-order valence-corrected chi connectivity index (χ0v) is 19.7. The average molecular weight is 438 g/mol. The van der Waals surface area contributed by atoms with E-state index in [1.807, 2.05) is 39.0 Å². The molecule has 1 aliphatic rings. The molecule has 1 amide bonds. The van der Waals surface area contributed by atoms with Crippen LogP contribution in [0.3, 0.4) is 0 Å². The average Bonchev–Trinajstić information content (AvgIpc) is 3.27. The highest BCUT2D eigenvalue weighted by molar-refractivity contribution is 6.02. The van der Waals surface area contributed by atoms with Crippen molar-refractivity contribution >= 4 is 11.6 Å². The maximum absolute atomic E-state index is 13.4. The van der Waals surface area contributed by atoms with Crippen LogP contribution < -0.4 is 5.73 Å². The summed E-state index contributed by atoms with van der Waals surface area (Å²) in [4.78, 5) is 22.6. The summed E-state index contributed by atoms with van der Waals surface area (Å²) in [7, 11) is 0. The molecule has 7 nitrogen and oxygen atoms in total. The second-order valence-electron chi connectivity index (χ2n) is 7.75. The van der Waals surface area contributed by atoms with Crippen LogP contribution in [0.1, 0.15) is 64.9 Å². The Morgan fingerprint density at radius 1 is 1.41 bits per heavy atom. The molecule has 172 valence electrons. The van der Waals surface area contributed by atoms with Crippen molar-refractivity contribution in [2.24, 2.45) is 5.73 Å². The molecule has 0 aromatic carbocycles. The van der Waals surface area contributed by atoms with Crippen LogP contribution in [0.4, 0.5) is 0 Å². The number of hydrogen-bond acceptors (Lipinski definition) is 5. The minimum absolute atomic E-state index is 0.236. The number of ether oxygens (including phenoxy) is 1. The molecule has 0 fully saturated rings. The number of aromatic nitrogens is 2. The summed E-state index contributed by atoms with van der Waals surface area (Å²) in [5, 5.41) is 8.81. The largest absolute Gasteiger partial charge is 0.460 e. The third-order valence-corrected chi connectivity index (χ3v) is 5.37. The minimum atomic E-state index is -0.624. The Labute approximate surface area is 190 Å². The zero-order valence-electron chi connectivity index (χ0n) is 19.7. The first-order valence-corrected chi connectivity index (χ1v) is 11.0. The number of amides is 1. The number of imidazole rings is 1. The number of aromatic amines is 1. The molecule has 0 aliphatic carbocycles. The lowest BCUT2D eigenvalue weighted by Crippen LogP contribution is -2.44. The molecule has 7 heteroatoms. The highest BCUT2D eigenvalue weighted by Gasteiger charge is 2.36. The lowest BCUT2D eigenvalue weighted by atomic mass is 9.96. The fourth-order valence-corrected chi connectivity index (χ4v) is 3.28. The number of allylic oxidation sites excluding steroid dienone is 6. The van der Waals surface area contributed by atoms with Gasteiger partial charge in [0.1, 0.15) is 6.04 Å². The molecule has 1 aromatic heterocycles. The van der Waals surface area contributed by atoms with Crippen molar-refractivity contribution in [3.63, 3.8) is 0 Å². The summed E-state index contributed by atoms with van der Waals surface area (Å²) in [5.41, 5.74) is 10.4. The van der Waals surface area contributed by atoms with Crippen LogP contribution in [0, 0.1) is 5.41 Å². The molecule has 1 aliphatic heterocycles. The van der Waals surface area contributed by atoms with Gasteiger partial charge in [0.2, 0.25) is 0 Å². The molecule has 0 bridgehead atoms. The molecule has 0 radical (unpaired) electrons. The van der Waals surface area contributed by atoms with Gasteiger partial charge in [-0.2, -0.15) is 0 Å². The summed E-state index contributed by atoms with van der Waals surface area (Å²) >= 11 is 0. The summed E-state index contributed by atoms with van der Waals surface area (Å²) in [6.45, 7) is 10.1. The normalized spacial score (nSPS) is 18.2. The number of H-pyrrole nitrogens is 1. The topological polar surface area (TPSA) is 108 Å². The Kier molecular flexibility index (Phi) is 9.25. The highest BCUT2D eigenvalue weighted by atomic mass is 16.5. The van der Waals surface area contributed by atoms with E-state index >= 15 is 0 Å². The Bertz CT molecular complexity index is 978. The van der Waals surface area contributed by atoms with Gasteiger partial charge in [-0.1, -0.05) is 26.0 Å². The van der Waals surface area contributed by atoms with Crippen LogP contribution in [0.25, 0.3) is 0 Å². The van der Waals surface area contributed by atoms with Crippen LogP contribution in [-0.4, -0.2) is 33.0 Å². The molecule has 32 heavy (non-hydrogen) atoms. The molecule has 0 saturated heterocycles. The summed E-state index contributed by atoms with van der Waals surface area (Å²) in [5.74, 6) is -0.0316. The van der Waals surface area contributed by atoms with Gasteiger partial charge in [0.05, 0.1) is 24.0 Å². The molecule has 1 unspecified atom stereocenters. The summed E-state index contributed by atoms with van der Waals surface area (Å²) in [6, 6.07) is -0.624. The molecule has 1 atom stereocenters. The number of hydrogen-bond donors (Lipinski definition) is 3. The van der Waals surface area contributed by atoms with Gasteiger partial charge in [0.15, 0.2) is 5.76 Å². The van der Waals surface area contributed by atoms with Gasteiger partial charge in [0.25, 0.3) is 5.91 Å². The van der Waals surface area contributed by atoms with Crippen molar-refractivity contribution in [3.05, 3.63) is 77.0 Å². The molecule has 4 N–H and O–H groups in total. The highest BCUT2D eigenvalue weighted by Crippen LogP contribution is 2.31. The molecule has 2 heterocycles. The number of nitrogens with zero attached hydrogens (tertiary/aromatic N) is 2. The minimum Gasteiger partial charge on any atom is -0.460 e. The van der Waals surface area contributed by atoms with E-state index in [9.17, 15) is 4.79 Å². The summed E-state index contributed by atoms with van der Waals surface area (Å²) < 4.78 is 5.69. The first-order chi connectivity index (χ1) is 15.3. The summed E-state index contributed by atoms with van der Waals surface area (Å²) in [6.07, 6.45) is 14.7. The number of nitrogens with two attached hydrogens (primary N) is 1. The van der Waals surface area contributed by atoms with E-state index in [1.54, 1.807) is 36.6 Å². The van der Waals surface area contributed by atoms with Gasteiger partial charge < -0.3 is 25.8 Å². The SMILES string of the molecule is C/C=C(\O/C=C(/C)CC)C(=O)N1CCc2[nH]cnc2C1C(=N)/C=C(C)/C(N)=C\C=C/CC. The van der Waals surface area contributed by atoms with Crippen molar-refractivity contribution in [2.45, 2.75) is 59.9 Å². The Morgan fingerprint density at radius 3 is 2.81 bits per heavy atom. The zero-order chi connectivity index (χ0) is 23.7. The monoisotopic (exact) mass is 437 g/mol. The van der Waals surface area contributed by atoms with Crippen molar-refractivity contribution < 1.29 is 9.53 Å². The molecule has 0 saturated carbocycles. The van der Waals surface area contributed by atoms with Crippen molar-refractivity contribution in [1.29, 1.82) is 5.41 Å². The van der Waals surface area contributed by atoms with E-state index in [2.05, 4.69) is 16.9 Å². The van der Waals surface area contributed by atoms with Gasteiger partial charge in [0, 0.05) is 24.4 Å². The quantitative estimate of drug-likeness (QED) is 0.222. The predicted octanol–water partition coefficient (Wildman–Crippen LogP) is 4.84. The van der Waals surface area contributed by atoms with Gasteiger partial charge in [-0.15, -0.1) is 0 Å². The predicted molar refractivity (Wildman–Crippen MR) is 129 cm³/mol. The number of fused-ring (bicyclic) bond motifs is 1. The van der Waals surface area contributed by atoms with E-state index in [1.165, 1.54) is 0 Å². The lowest BCUT2D eigenvalue weighted by molar-refractivity contribution is -0.131. The molecular weight excluding hydrogens is 402 g/mol. The van der Waals surface area contributed by atoms with Crippen LogP contribution in [-0.2, 0) is 16.0 Å². The number of rotatable bonds is 9. The molecular formula is C25H35N5O2. The van der Waals surface area contributed by atoms with E-state index in [0.717, 1.165) is 29.7 Å². The Balaban J connectivity index is 2.37. The molecule has 1 aromatic rings. The van der Waals surface area contributed by atoms with Crippen molar-refractivity contribution in [3.8, 4) is 0 Å². The lowest BCUT2D eigenvalue weighted by Gasteiger charge is -2.35. The fourth-order valence-electron chi connectivity index (χ4n) is 3.28. The number of nitrogens with one attached hydrogen (secondary N) is 2. The first kappa shape index (κ1) is 24.9. The molecule has 2 rings (SSSR count). The Morgan fingerprint density at radius 2 is 2.16 bits per heavy atom. The fraction of sp³-hybridized carbons (Fsp3) is 0.400. The van der Waals surface area contributed by atoms with Crippen LogP contribution in [0.2, 0.25) is 0 Å². The number of carbonyl (C=O) groups excluding carboxylic acids is 1. The van der Waals surface area contributed by atoms with Crippen LogP contribution >= 0.6 is 0 Å². The third kappa shape index (κ3) is 6.09. The van der Waals surface area contributed by atoms with Gasteiger partial charge in [-0.3, -0.25) is 4.79 Å². The van der Waals surface area contributed by atoms with Crippen LogP contribution in [0.15, 0.2) is 65.6 Å². The maximum atomic E-state index is 13.4.